The highest BCUT2D eigenvalue weighted by atomic mass is 19.4. The molecule has 20 heavy (non-hydrogen) atoms. The fraction of sp³-hybridized carbons (Fsp3) is 0.455. The van der Waals surface area contributed by atoms with E-state index in [9.17, 15) is 27.9 Å². The molecule has 0 aliphatic heterocycles. The average molecular weight is 294 g/mol. The molecular weight excluding hydrogens is 281 g/mol. The number of aromatic nitrogens is 1. The van der Waals surface area contributed by atoms with Crippen LogP contribution in [0.25, 0.3) is 0 Å². The first-order valence-electron chi connectivity index (χ1n) is 5.49. The Bertz CT molecular complexity index is 551. The Balaban J connectivity index is 2.88. The van der Waals surface area contributed by atoms with Crippen molar-refractivity contribution in [1.29, 1.82) is 0 Å². The Kier molecular flexibility index (Phi) is 4.56. The maximum absolute atomic E-state index is 12.3. The standard InChI is InChI=1S/C11H13F3N2O4/c1-10(20,5-17)4-15-8(18)6-2-3-7(11(12,13)14)16-9(6)19/h2-3,17,20H,4-5H2,1H3,(H,15,18)(H,16,19). The first kappa shape index (κ1) is 16.2. The molecule has 0 saturated carbocycles. The molecule has 0 aromatic carbocycles. The summed E-state index contributed by atoms with van der Waals surface area (Å²) >= 11 is 0. The Hall–Kier alpha value is -1.87. The van der Waals surface area contributed by atoms with Gasteiger partial charge in [0.05, 0.1) is 6.61 Å². The summed E-state index contributed by atoms with van der Waals surface area (Å²) in [6.45, 7) is 0.254. The number of amides is 1. The molecule has 0 aliphatic carbocycles. The van der Waals surface area contributed by atoms with Gasteiger partial charge >= 0.3 is 6.18 Å². The number of alkyl halides is 3. The Labute approximate surface area is 111 Å². The minimum atomic E-state index is -4.71. The smallest absolute Gasteiger partial charge is 0.393 e. The monoisotopic (exact) mass is 294 g/mol. The Morgan fingerprint density at radius 3 is 2.45 bits per heavy atom. The lowest BCUT2D eigenvalue weighted by atomic mass is 10.1. The van der Waals surface area contributed by atoms with Crippen LogP contribution in [0.15, 0.2) is 16.9 Å². The predicted octanol–water partition coefficient (Wildman–Crippen LogP) is -0.133. The van der Waals surface area contributed by atoms with Gasteiger partial charge in [-0.3, -0.25) is 9.59 Å². The summed E-state index contributed by atoms with van der Waals surface area (Å²) in [5.74, 6) is -0.950. The molecule has 1 atom stereocenters. The third-order valence-electron chi connectivity index (χ3n) is 2.43. The zero-order valence-corrected chi connectivity index (χ0v) is 10.4. The van der Waals surface area contributed by atoms with Gasteiger partial charge in [0.15, 0.2) is 0 Å². The predicted molar refractivity (Wildman–Crippen MR) is 62.1 cm³/mol. The fourth-order valence-corrected chi connectivity index (χ4v) is 1.24. The lowest BCUT2D eigenvalue weighted by Gasteiger charge is -2.20. The van der Waals surface area contributed by atoms with Crippen LogP contribution in [-0.4, -0.2) is 39.9 Å². The Morgan fingerprint density at radius 1 is 1.40 bits per heavy atom. The van der Waals surface area contributed by atoms with Gasteiger partial charge in [-0.15, -0.1) is 0 Å². The van der Waals surface area contributed by atoms with Crippen molar-refractivity contribution in [2.24, 2.45) is 0 Å². The van der Waals surface area contributed by atoms with Crippen LogP contribution < -0.4 is 10.9 Å². The number of nitrogens with one attached hydrogen (secondary N) is 2. The second-order valence-electron chi connectivity index (χ2n) is 4.45. The molecule has 0 fully saturated rings. The van der Waals surface area contributed by atoms with Crippen LogP contribution in [0.4, 0.5) is 13.2 Å². The van der Waals surface area contributed by atoms with Crippen molar-refractivity contribution in [3.63, 3.8) is 0 Å². The summed E-state index contributed by atoms with van der Waals surface area (Å²) in [4.78, 5) is 24.5. The van der Waals surface area contributed by atoms with Crippen LogP contribution in [0.3, 0.4) is 0 Å². The number of aliphatic hydroxyl groups is 2. The first-order valence-corrected chi connectivity index (χ1v) is 5.49. The minimum absolute atomic E-state index is 0.358. The largest absolute Gasteiger partial charge is 0.431 e. The van der Waals surface area contributed by atoms with Gasteiger partial charge in [0.1, 0.15) is 16.9 Å². The number of aromatic amines is 1. The third kappa shape index (κ3) is 4.07. The summed E-state index contributed by atoms with van der Waals surface area (Å²) in [7, 11) is 0. The number of hydrogen-bond donors (Lipinski definition) is 4. The van der Waals surface area contributed by atoms with Gasteiger partial charge in [-0.1, -0.05) is 0 Å². The molecule has 1 heterocycles. The summed E-state index contributed by atoms with van der Waals surface area (Å²) in [6.07, 6.45) is -4.71. The molecule has 1 amide bonds. The number of carbonyl (C=O) groups is 1. The van der Waals surface area contributed by atoms with E-state index in [1.165, 1.54) is 6.92 Å². The molecule has 1 rings (SSSR count). The van der Waals surface area contributed by atoms with E-state index in [4.69, 9.17) is 5.11 Å². The highest BCUT2D eigenvalue weighted by Crippen LogP contribution is 2.26. The van der Waals surface area contributed by atoms with Crippen molar-refractivity contribution in [1.82, 2.24) is 10.3 Å². The maximum atomic E-state index is 12.3. The van der Waals surface area contributed by atoms with E-state index in [0.29, 0.717) is 6.07 Å². The number of carbonyl (C=O) groups excluding carboxylic acids is 1. The number of hydrogen-bond acceptors (Lipinski definition) is 4. The average Bonchev–Trinajstić information content (AvgIpc) is 2.35. The number of aliphatic hydroxyl groups excluding tert-OH is 1. The van der Waals surface area contributed by atoms with E-state index in [0.717, 1.165) is 6.07 Å². The van der Waals surface area contributed by atoms with Crippen molar-refractivity contribution in [3.8, 4) is 0 Å². The van der Waals surface area contributed by atoms with Crippen molar-refractivity contribution < 1.29 is 28.2 Å². The zero-order chi connectivity index (χ0) is 15.6. The van der Waals surface area contributed by atoms with Crippen LogP contribution >= 0.6 is 0 Å². The zero-order valence-electron chi connectivity index (χ0n) is 10.4. The van der Waals surface area contributed by atoms with Gasteiger partial charge < -0.3 is 20.5 Å². The van der Waals surface area contributed by atoms with Gasteiger partial charge in [-0.05, 0) is 19.1 Å². The van der Waals surface area contributed by atoms with E-state index in [-0.39, 0.29) is 6.54 Å². The Morgan fingerprint density at radius 2 is 2.00 bits per heavy atom. The quantitative estimate of drug-likeness (QED) is 0.621. The molecule has 0 spiro atoms. The maximum Gasteiger partial charge on any atom is 0.431 e. The molecule has 6 nitrogen and oxygen atoms in total. The van der Waals surface area contributed by atoms with E-state index >= 15 is 0 Å². The van der Waals surface area contributed by atoms with Crippen molar-refractivity contribution in [2.75, 3.05) is 13.2 Å². The molecule has 9 heteroatoms. The molecule has 0 radical (unpaired) electrons. The molecule has 1 aromatic rings. The topological polar surface area (TPSA) is 102 Å². The normalized spacial score (nSPS) is 14.7. The van der Waals surface area contributed by atoms with Crippen LogP contribution in [0.2, 0.25) is 0 Å². The number of rotatable bonds is 4. The number of halogens is 3. The molecule has 0 aliphatic rings. The van der Waals surface area contributed by atoms with Gasteiger partial charge in [0, 0.05) is 6.54 Å². The molecule has 0 saturated heterocycles. The molecule has 1 unspecified atom stereocenters. The highest BCUT2D eigenvalue weighted by Gasteiger charge is 2.32. The molecule has 0 bridgehead atoms. The second kappa shape index (κ2) is 5.63. The summed E-state index contributed by atoms with van der Waals surface area (Å²) in [6, 6.07) is 1.31. The van der Waals surface area contributed by atoms with Crippen LogP contribution in [0, 0.1) is 0 Å². The summed E-state index contributed by atoms with van der Waals surface area (Å²) in [5.41, 5.74) is -4.57. The van der Waals surface area contributed by atoms with Crippen molar-refractivity contribution >= 4 is 5.91 Å². The lowest BCUT2D eigenvalue weighted by molar-refractivity contribution is -0.141. The summed E-state index contributed by atoms with van der Waals surface area (Å²) < 4.78 is 37.0. The molecule has 4 N–H and O–H groups in total. The first-order chi connectivity index (χ1) is 9.07. The van der Waals surface area contributed by atoms with Crippen molar-refractivity contribution in [3.05, 3.63) is 33.7 Å². The molecule has 112 valence electrons. The van der Waals surface area contributed by atoms with Gasteiger partial charge in [0.25, 0.3) is 11.5 Å². The SMILES string of the molecule is CC(O)(CO)CNC(=O)c1ccc(C(F)(F)F)[nH]c1=O. The second-order valence-corrected chi connectivity index (χ2v) is 4.45. The van der Waals surface area contributed by atoms with Crippen LogP contribution in [-0.2, 0) is 6.18 Å². The number of H-pyrrole nitrogens is 1. The van der Waals surface area contributed by atoms with Gasteiger partial charge in [0.2, 0.25) is 0 Å². The van der Waals surface area contributed by atoms with E-state index < -0.39 is 41.1 Å². The molecular formula is C11H13F3N2O4. The van der Waals surface area contributed by atoms with Crippen LogP contribution in [0.1, 0.15) is 23.0 Å². The lowest BCUT2D eigenvalue weighted by Crippen LogP contribution is -2.44. The minimum Gasteiger partial charge on any atom is -0.393 e. The van der Waals surface area contributed by atoms with E-state index in [2.05, 4.69) is 5.32 Å². The number of pyridine rings is 1. The van der Waals surface area contributed by atoms with E-state index in [1.54, 1.807) is 4.98 Å². The van der Waals surface area contributed by atoms with Crippen molar-refractivity contribution in [2.45, 2.75) is 18.7 Å². The summed E-state index contributed by atoms with van der Waals surface area (Å²) in [5, 5.41) is 20.3. The highest BCUT2D eigenvalue weighted by molar-refractivity contribution is 5.93. The van der Waals surface area contributed by atoms with Gasteiger partial charge in [-0.25, -0.2) is 0 Å². The van der Waals surface area contributed by atoms with E-state index in [1.807, 2.05) is 0 Å². The van der Waals surface area contributed by atoms with Crippen LogP contribution in [0.5, 0.6) is 0 Å². The fourth-order valence-electron chi connectivity index (χ4n) is 1.24. The van der Waals surface area contributed by atoms with Gasteiger partial charge in [-0.2, -0.15) is 13.2 Å². The third-order valence-corrected chi connectivity index (χ3v) is 2.43. The molecule has 1 aromatic heterocycles.